The predicted molar refractivity (Wildman–Crippen MR) is 44.1 cm³/mol. The Morgan fingerprint density at radius 1 is 1.64 bits per heavy atom. The molecule has 0 saturated carbocycles. The van der Waals surface area contributed by atoms with Crippen LogP contribution >= 0.6 is 31.9 Å². The third-order valence-electron chi connectivity index (χ3n) is 1.19. The zero-order chi connectivity index (χ0) is 8.43. The van der Waals surface area contributed by atoms with Crippen molar-refractivity contribution < 1.29 is 14.4 Å². The molecule has 0 N–H and O–H groups in total. The number of hydrogen-bond acceptors (Lipinski definition) is 3. The third kappa shape index (κ3) is 2.16. The summed E-state index contributed by atoms with van der Waals surface area (Å²) in [6.45, 7) is 0.497. The van der Waals surface area contributed by atoms with Gasteiger partial charge in [0.05, 0.1) is 13.0 Å². The molecule has 1 saturated heterocycles. The van der Waals surface area contributed by atoms with Gasteiger partial charge in [0.25, 0.3) is 5.91 Å². The number of carbonyl (C=O) groups excluding carboxylic acids is 2. The maximum atomic E-state index is 10.8. The van der Waals surface area contributed by atoms with Crippen molar-refractivity contribution in [2.45, 2.75) is 10.2 Å². The summed E-state index contributed by atoms with van der Waals surface area (Å²) in [5.74, 6) is -0.669. The lowest BCUT2D eigenvalue weighted by Crippen LogP contribution is -2.45. The van der Waals surface area contributed by atoms with Crippen LogP contribution in [0.4, 0.5) is 0 Å². The van der Waals surface area contributed by atoms with E-state index in [0.717, 1.165) is 5.06 Å². The molecule has 0 aliphatic carbocycles. The first kappa shape index (κ1) is 8.99. The van der Waals surface area contributed by atoms with E-state index in [1.807, 2.05) is 0 Å². The second kappa shape index (κ2) is 3.53. The van der Waals surface area contributed by atoms with Gasteiger partial charge in [0.2, 0.25) is 0 Å². The normalized spacial score (nSPS) is 16.6. The molecule has 1 fully saturated rings. The molecule has 1 aliphatic heterocycles. The van der Waals surface area contributed by atoms with Gasteiger partial charge < -0.3 is 4.84 Å². The fraction of sp³-hybridized carbons (Fsp3) is 0.600. The van der Waals surface area contributed by atoms with E-state index in [9.17, 15) is 9.59 Å². The van der Waals surface area contributed by atoms with Crippen LogP contribution in [0.25, 0.3) is 0 Å². The van der Waals surface area contributed by atoms with E-state index in [-0.39, 0.29) is 5.91 Å². The summed E-state index contributed by atoms with van der Waals surface area (Å²) in [6.07, 6.45) is 0.461. The lowest BCUT2D eigenvalue weighted by Gasteiger charge is -2.28. The lowest BCUT2D eigenvalue weighted by atomic mass is 10.3. The number of hydrogen-bond donors (Lipinski definition) is 0. The number of β-lactam (4-membered cyclic amide) rings is 1. The zero-order valence-corrected chi connectivity index (χ0v) is 8.59. The van der Waals surface area contributed by atoms with Crippen molar-refractivity contribution in [2.24, 2.45) is 0 Å². The molecule has 11 heavy (non-hydrogen) atoms. The predicted octanol–water partition coefficient (Wildman–Crippen LogP) is 0.793. The Balaban J connectivity index is 2.31. The summed E-state index contributed by atoms with van der Waals surface area (Å²) < 4.78 is -0.552. The molecule has 62 valence electrons. The van der Waals surface area contributed by atoms with Crippen LogP contribution in [0.5, 0.6) is 0 Å². The van der Waals surface area contributed by atoms with Crippen LogP contribution in [0.3, 0.4) is 0 Å². The van der Waals surface area contributed by atoms with Gasteiger partial charge in [0, 0.05) is 0 Å². The van der Waals surface area contributed by atoms with Crippen LogP contribution < -0.4 is 0 Å². The monoisotopic (exact) mass is 285 g/mol. The Hall–Kier alpha value is -0.100. The third-order valence-corrected chi connectivity index (χ3v) is 1.93. The number of alkyl halides is 2. The molecular formula is C5H5Br2NO3. The fourth-order valence-electron chi connectivity index (χ4n) is 0.539. The van der Waals surface area contributed by atoms with Gasteiger partial charge >= 0.3 is 5.97 Å². The number of amides is 1. The minimum atomic E-state index is -0.552. The molecule has 1 aliphatic rings. The molecule has 0 bridgehead atoms. The number of carbonyl (C=O) groups is 2. The molecule has 0 atom stereocenters. The highest BCUT2D eigenvalue weighted by molar-refractivity contribution is 9.25. The van der Waals surface area contributed by atoms with E-state index in [1.54, 1.807) is 0 Å². The van der Waals surface area contributed by atoms with Crippen molar-refractivity contribution in [2.75, 3.05) is 6.54 Å². The van der Waals surface area contributed by atoms with Crippen LogP contribution in [0.1, 0.15) is 6.42 Å². The van der Waals surface area contributed by atoms with Crippen molar-refractivity contribution in [3.05, 3.63) is 0 Å². The molecule has 0 aromatic rings. The second-order valence-electron chi connectivity index (χ2n) is 1.96. The molecule has 1 amide bonds. The Kier molecular flexibility index (Phi) is 2.89. The molecule has 0 aromatic carbocycles. The lowest BCUT2D eigenvalue weighted by molar-refractivity contribution is -0.210. The first-order chi connectivity index (χ1) is 5.11. The fourth-order valence-corrected chi connectivity index (χ4v) is 0.707. The van der Waals surface area contributed by atoms with Gasteiger partial charge in [-0.2, -0.15) is 5.06 Å². The minimum absolute atomic E-state index is 0.154. The summed E-state index contributed by atoms with van der Waals surface area (Å²) in [7, 11) is 0. The van der Waals surface area contributed by atoms with Crippen molar-refractivity contribution in [1.29, 1.82) is 0 Å². The SMILES string of the molecule is O=C(ON1CCC1=O)C(Br)Br. The molecule has 0 radical (unpaired) electrons. The zero-order valence-electron chi connectivity index (χ0n) is 5.42. The molecule has 1 heterocycles. The number of hydroxylamine groups is 2. The number of nitrogens with zero attached hydrogens (tertiary/aromatic N) is 1. The highest BCUT2D eigenvalue weighted by Crippen LogP contribution is 2.14. The first-order valence-corrected chi connectivity index (χ1v) is 4.74. The quantitative estimate of drug-likeness (QED) is 0.557. The highest BCUT2D eigenvalue weighted by Gasteiger charge is 2.29. The Morgan fingerprint density at radius 2 is 2.27 bits per heavy atom. The molecule has 1 rings (SSSR count). The largest absolute Gasteiger partial charge is 0.356 e. The molecule has 0 unspecified atom stereocenters. The maximum absolute atomic E-state index is 10.8. The second-order valence-corrected chi connectivity index (χ2v) is 5.02. The van der Waals surface area contributed by atoms with Crippen molar-refractivity contribution in [3.8, 4) is 0 Å². The van der Waals surface area contributed by atoms with E-state index in [0.29, 0.717) is 13.0 Å². The van der Waals surface area contributed by atoms with Gasteiger partial charge in [0.15, 0.2) is 3.74 Å². The van der Waals surface area contributed by atoms with E-state index >= 15 is 0 Å². The summed E-state index contributed by atoms with van der Waals surface area (Å²) >= 11 is 5.89. The molecular weight excluding hydrogens is 282 g/mol. The average Bonchev–Trinajstić information content (AvgIpc) is 1.96. The van der Waals surface area contributed by atoms with E-state index in [4.69, 9.17) is 0 Å². The van der Waals surface area contributed by atoms with Gasteiger partial charge in [-0.05, 0) is 0 Å². The number of rotatable bonds is 2. The smallest absolute Gasteiger partial charge is 0.336 e. The van der Waals surface area contributed by atoms with Gasteiger partial charge in [0.1, 0.15) is 0 Å². The van der Waals surface area contributed by atoms with Gasteiger partial charge in [-0.1, -0.05) is 31.9 Å². The number of halogens is 2. The maximum Gasteiger partial charge on any atom is 0.356 e. The van der Waals surface area contributed by atoms with Crippen LogP contribution in [0.15, 0.2) is 0 Å². The summed E-state index contributed by atoms with van der Waals surface area (Å²) in [4.78, 5) is 26.0. The van der Waals surface area contributed by atoms with Crippen LogP contribution in [-0.4, -0.2) is 27.2 Å². The molecule has 0 spiro atoms. The van der Waals surface area contributed by atoms with Crippen molar-refractivity contribution in [3.63, 3.8) is 0 Å². The molecule has 6 heteroatoms. The van der Waals surface area contributed by atoms with Gasteiger partial charge in [-0.15, -0.1) is 0 Å². The summed E-state index contributed by atoms with van der Waals surface area (Å²) in [6, 6.07) is 0. The van der Waals surface area contributed by atoms with E-state index in [1.165, 1.54) is 0 Å². The van der Waals surface area contributed by atoms with Gasteiger partial charge in [-0.3, -0.25) is 4.79 Å². The van der Waals surface area contributed by atoms with Crippen LogP contribution in [-0.2, 0) is 14.4 Å². The van der Waals surface area contributed by atoms with Crippen molar-refractivity contribution in [1.82, 2.24) is 5.06 Å². The summed E-state index contributed by atoms with van der Waals surface area (Å²) in [5.41, 5.74) is 0. The summed E-state index contributed by atoms with van der Waals surface area (Å²) in [5, 5.41) is 1.04. The molecule has 0 aromatic heterocycles. The van der Waals surface area contributed by atoms with Gasteiger partial charge in [-0.25, -0.2) is 4.79 Å². The van der Waals surface area contributed by atoms with E-state index < -0.39 is 9.71 Å². The Labute approximate surface area is 80.1 Å². The average molecular weight is 287 g/mol. The van der Waals surface area contributed by atoms with E-state index in [2.05, 4.69) is 36.7 Å². The Bertz CT molecular complexity index is 194. The van der Waals surface area contributed by atoms with Crippen LogP contribution in [0.2, 0.25) is 0 Å². The standard InChI is InChI=1S/C5H5Br2NO3/c6-4(7)5(10)11-8-2-1-3(8)9/h4H,1-2H2. The topological polar surface area (TPSA) is 46.6 Å². The highest BCUT2D eigenvalue weighted by atomic mass is 79.9. The van der Waals surface area contributed by atoms with Crippen LogP contribution in [0, 0.1) is 0 Å². The first-order valence-electron chi connectivity index (χ1n) is 2.91. The van der Waals surface area contributed by atoms with Crippen molar-refractivity contribution >= 4 is 43.7 Å². The Morgan fingerprint density at radius 3 is 2.55 bits per heavy atom. The molecule has 4 nitrogen and oxygen atoms in total. The minimum Gasteiger partial charge on any atom is -0.336 e.